The Morgan fingerprint density at radius 1 is 1.21 bits per heavy atom. The average Bonchev–Trinajstić information content (AvgIpc) is 2.76. The second kappa shape index (κ2) is 5.37. The van der Waals surface area contributed by atoms with Crippen LogP contribution in [-0.2, 0) is 6.42 Å². The van der Waals surface area contributed by atoms with Gasteiger partial charge in [-0.2, -0.15) is 10.5 Å². The molecule has 1 unspecified atom stereocenters. The monoisotopic (exact) mass is 251 g/mol. The SMILES string of the molecule is Cc1noc(C)c1C(C#N)Cc1ccc(C#N)cc1. The molecule has 2 aromatic rings. The largest absolute Gasteiger partial charge is 0.361 e. The van der Waals surface area contributed by atoms with E-state index in [2.05, 4.69) is 17.3 Å². The molecule has 1 aromatic heterocycles. The Morgan fingerprint density at radius 3 is 2.37 bits per heavy atom. The van der Waals surface area contributed by atoms with Crippen molar-refractivity contribution in [3.05, 3.63) is 52.4 Å². The van der Waals surface area contributed by atoms with E-state index in [0.717, 1.165) is 16.8 Å². The van der Waals surface area contributed by atoms with Crippen molar-refractivity contribution in [1.29, 1.82) is 10.5 Å². The van der Waals surface area contributed by atoms with Gasteiger partial charge in [-0.15, -0.1) is 0 Å². The highest BCUT2D eigenvalue weighted by Crippen LogP contribution is 2.26. The van der Waals surface area contributed by atoms with Crippen molar-refractivity contribution < 1.29 is 4.52 Å². The van der Waals surface area contributed by atoms with Gasteiger partial charge < -0.3 is 4.52 Å². The van der Waals surface area contributed by atoms with Crippen molar-refractivity contribution >= 4 is 0 Å². The molecule has 0 bridgehead atoms. The van der Waals surface area contributed by atoms with Gasteiger partial charge in [0.05, 0.1) is 29.3 Å². The van der Waals surface area contributed by atoms with Gasteiger partial charge in [0.15, 0.2) is 0 Å². The van der Waals surface area contributed by atoms with Gasteiger partial charge in [0, 0.05) is 5.56 Å². The van der Waals surface area contributed by atoms with E-state index in [9.17, 15) is 5.26 Å². The molecular formula is C15H13N3O. The molecule has 0 spiro atoms. The Balaban J connectivity index is 2.25. The van der Waals surface area contributed by atoms with Crippen LogP contribution in [0, 0.1) is 36.5 Å². The van der Waals surface area contributed by atoms with Crippen LogP contribution >= 0.6 is 0 Å². The number of aryl methyl sites for hydroxylation is 2. The molecule has 0 fully saturated rings. The highest BCUT2D eigenvalue weighted by Gasteiger charge is 2.20. The summed E-state index contributed by atoms with van der Waals surface area (Å²) in [7, 11) is 0. The van der Waals surface area contributed by atoms with Crippen LogP contribution in [0.4, 0.5) is 0 Å². The minimum absolute atomic E-state index is 0.279. The van der Waals surface area contributed by atoms with Crippen molar-refractivity contribution in [2.24, 2.45) is 0 Å². The molecule has 0 amide bonds. The van der Waals surface area contributed by atoms with E-state index in [1.165, 1.54) is 0 Å². The minimum Gasteiger partial charge on any atom is -0.361 e. The summed E-state index contributed by atoms with van der Waals surface area (Å²) >= 11 is 0. The smallest absolute Gasteiger partial charge is 0.138 e. The zero-order valence-corrected chi connectivity index (χ0v) is 10.8. The summed E-state index contributed by atoms with van der Waals surface area (Å²) in [4.78, 5) is 0. The van der Waals surface area contributed by atoms with Crippen molar-refractivity contribution in [1.82, 2.24) is 5.16 Å². The maximum absolute atomic E-state index is 9.34. The molecule has 4 nitrogen and oxygen atoms in total. The van der Waals surface area contributed by atoms with Crippen LogP contribution in [-0.4, -0.2) is 5.16 Å². The maximum Gasteiger partial charge on any atom is 0.138 e. The minimum atomic E-state index is -0.279. The maximum atomic E-state index is 9.34. The van der Waals surface area contributed by atoms with Crippen molar-refractivity contribution in [3.8, 4) is 12.1 Å². The molecule has 1 heterocycles. The predicted octanol–water partition coefficient (Wildman–Crippen LogP) is 3.01. The van der Waals surface area contributed by atoms with Gasteiger partial charge in [-0.3, -0.25) is 0 Å². The number of nitrogens with zero attached hydrogens (tertiary/aromatic N) is 3. The normalized spacial score (nSPS) is 11.6. The standard InChI is InChI=1S/C15H13N3O/c1-10-15(11(2)19-18-10)14(9-17)7-12-3-5-13(8-16)6-4-12/h3-6,14H,7H2,1-2H3. The van der Waals surface area contributed by atoms with Gasteiger partial charge >= 0.3 is 0 Å². The van der Waals surface area contributed by atoms with E-state index in [1.807, 2.05) is 26.0 Å². The number of rotatable bonds is 3. The first kappa shape index (κ1) is 12.9. The predicted molar refractivity (Wildman–Crippen MR) is 69.2 cm³/mol. The van der Waals surface area contributed by atoms with Gasteiger partial charge in [-0.1, -0.05) is 17.3 Å². The summed E-state index contributed by atoms with van der Waals surface area (Å²) in [6.07, 6.45) is 0.588. The third-order valence-electron chi connectivity index (χ3n) is 3.12. The molecular weight excluding hydrogens is 238 g/mol. The first-order valence-electron chi connectivity index (χ1n) is 5.97. The quantitative estimate of drug-likeness (QED) is 0.840. The number of hydrogen-bond acceptors (Lipinski definition) is 4. The molecule has 94 valence electrons. The van der Waals surface area contributed by atoms with Crippen LogP contribution in [0.15, 0.2) is 28.8 Å². The zero-order valence-electron chi connectivity index (χ0n) is 10.8. The first-order chi connectivity index (χ1) is 9.15. The fourth-order valence-electron chi connectivity index (χ4n) is 2.15. The average molecular weight is 251 g/mol. The van der Waals surface area contributed by atoms with Crippen LogP contribution in [0.1, 0.15) is 34.1 Å². The molecule has 19 heavy (non-hydrogen) atoms. The van der Waals surface area contributed by atoms with E-state index in [4.69, 9.17) is 9.78 Å². The highest BCUT2D eigenvalue weighted by molar-refractivity contribution is 5.36. The fourth-order valence-corrected chi connectivity index (χ4v) is 2.15. The molecule has 0 N–H and O–H groups in total. The van der Waals surface area contributed by atoms with Crippen molar-refractivity contribution in [2.75, 3.05) is 0 Å². The molecule has 0 saturated carbocycles. The molecule has 1 aromatic carbocycles. The summed E-state index contributed by atoms with van der Waals surface area (Å²) in [5, 5.41) is 22.0. The summed E-state index contributed by atoms with van der Waals surface area (Å²) in [6.45, 7) is 3.66. The van der Waals surface area contributed by atoms with Gasteiger partial charge in [0.25, 0.3) is 0 Å². The molecule has 0 aliphatic rings. The third kappa shape index (κ3) is 2.64. The number of benzene rings is 1. The Kier molecular flexibility index (Phi) is 3.63. The summed E-state index contributed by atoms with van der Waals surface area (Å²) < 4.78 is 5.11. The van der Waals surface area contributed by atoms with E-state index in [0.29, 0.717) is 17.7 Å². The van der Waals surface area contributed by atoms with E-state index >= 15 is 0 Å². The molecule has 4 heteroatoms. The molecule has 2 rings (SSSR count). The topological polar surface area (TPSA) is 73.6 Å². The van der Waals surface area contributed by atoms with Crippen LogP contribution in [0.5, 0.6) is 0 Å². The first-order valence-corrected chi connectivity index (χ1v) is 5.97. The van der Waals surface area contributed by atoms with Crippen LogP contribution in [0.2, 0.25) is 0 Å². The number of hydrogen-bond donors (Lipinski definition) is 0. The zero-order chi connectivity index (χ0) is 13.8. The lowest BCUT2D eigenvalue weighted by Crippen LogP contribution is -2.03. The molecule has 0 aliphatic carbocycles. The summed E-state index contributed by atoms with van der Waals surface area (Å²) in [6, 6.07) is 11.6. The highest BCUT2D eigenvalue weighted by atomic mass is 16.5. The van der Waals surface area contributed by atoms with E-state index in [-0.39, 0.29) is 5.92 Å². The Hall–Kier alpha value is -2.59. The Bertz CT molecular complexity index is 637. The van der Waals surface area contributed by atoms with Gasteiger partial charge in [0.2, 0.25) is 0 Å². The lowest BCUT2D eigenvalue weighted by molar-refractivity contribution is 0.392. The van der Waals surface area contributed by atoms with Crippen molar-refractivity contribution in [3.63, 3.8) is 0 Å². The van der Waals surface area contributed by atoms with Gasteiger partial charge in [-0.05, 0) is 38.0 Å². The van der Waals surface area contributed by atoms with Crippen LogP contribution in [0.25, 0.3) is 0 Å². The second-order valence-electron chi connectivity index (χ2n) is 4.43. The Morgan fingerprint density at radius 2 is 1.89 bits per heavy atom. The lowest BCUT2D eigenvalue weighted by atomic mass is 9.92. The van der Waals surface area contributed by atoms with E-state index < -0.39 is 0 Å². The molecule has 0 radical (unpaired) electrons. The Labute approximate surface area is 111 Å². The van der Waals surface area contributed by atoms with Gasteiger partial charge in [-0.25, -0.2) is 0 Å². The van der Waals surface area contributed by atoms with Gasteiger partial charge in [0.1, 0.15) is 5.76 Å². The molecule has 1 atom stereocenters. The number of aromatic nitrogens is 1. The van der Waals surface area contributed by atoms with Crippen molar-refractivity contribution in [2.45, 2.75) is 26.2 Å². The molecule has 0 saturated heterocycles. The fraction of sp³-hybridized carbons (Fsp3) is 0.267. The second-order valence-corrected chi connectivity index (χ2v) is 4.43. The summed E-state index contributed by atoms with van der Waals surface area (Å²) in [5.41, 5.74) is 3.27. The summed E-state index contributed by atoms with van der Waals surface area (Å²) in [5.74, 6) is 0.414. The molecule has 0 aliphatic heterocycles. The van der Waals surface area contributed by atoms with Crippen LogP contribution < -0.4 is 0 Å². The number of nitriles is 2. The lowest BCUT2D eigenvalue weighted by Gasteiger charge is -2.08. The third-order valence-corrected chi connectivity index (χ3v) is 3.12. The van der Waals surface area contributed by atoms with E-state index in [1.54, 1.807) is 12.1 Å². The van der Waals surface area contributed by atoms with Crippen LogP contribution in [0.3, 0.4) is 0 Å².